The fourth-order valence-corrected chi connectivity index (χ4v) is 2.03. The monoisotopic (exact) mass is 235 g/mol. The Balaban J connectivity index is 1.67. The van der Waals surface area contributed by atoms with Crippen LogP contribution in [0.1, 0.15) is 18.5 Å². The molecule has 0 aromatic carbocycles. The van der Waals surface area contributed by atoms with Crippen molar-refractivity contribution < 1.29 is 4.74 Å². The Morgan fingerprint density at radius 2 is 2.06 bits per heavy atom. The third kappa shape index (κ3) is 4.07. The third-order valence-electron chi connectivity index (χ3n) is 3.19. The minimum absolute atomic E-state index is 0.388. The number of aromatic nitrogens is 1. The zero-order valence-corrected chi connectivity index (χ0v) is 10.4. The van der Waals surface area contributed by atoms with Gasteiger partial charge in [-0.15, -0.1) is 0 Å². The zero-order valence-electron chi connectivity index (χ0n) is 10.4. The number of hydrogen-bond donors (Lipinski definition) is 1. The normalized spacial score (nSPS) is 19.1. The van der Waals surface area contributed by atoms with Gasteiger partial charge in [0.05, 0.1) is 13.2 Å². The standard InChI is InChI=1S/C13H21N3O/c1-12(13-2-4-14-5-3-13)15-6-7-16-8-10-17-11-9-16/h2-5,12,15H,6-11H2,1H3/t12-/m1/s1. The van der Waals surface area contributed by atoms with Crippen molar-refractivity contribution in [2.45, 2.75) is 13.0 Å². The molecule has 0 amide bonds. The number of morpholine rings is 1. The van der Waals surface area contributed by atoms with E-state index in [0.29, 0.717) is 6.04 Å². The zero-order chi connectivity index (χ0) is 11.9. The Bertz CT molecular complexity index is 312. The summed E-state index contributed by atoms with van der Waals surface area (Å²) >= 11 is 0. The van der Waals surface area contributed by atoms with Crippen molar-refractivity contribution in [3.8, 4) is 0 Å². The molecular weight excluding hydrogens is 214 g/mol. The smallest absolute Gasteiger partial charge is 0.0594 e. The van der Waals surface area contributed by atoms with E-state index in [-0.39, 0.29) is 0 Å². The number of ether oxygens (including phenoxy) is 1. The fourth-order valence-electron chi connectivity index (χ4n) is 2.03. The first-order valence-electron chi connectivity index (χ1n) is 6.29. The van der Waals surface area contributed by atoms with E-state index >= 15 is 0 Å². The average molecular weight is 235 g/mol. The van der Waals surface area contributed by atoms with Crippen LogP contribution in [0.3, 0.4) is 0 Å². The molecule has 0 spiro atoms. The van der Waals surface area contributed by atoms with E-state index in [1.807, 2.05) is 12.4 Å². The lowest BCUT2D eigenvalue weighted by molar-refractivity contribution is 0.0382. The maximum atomic E-state index is 5.33. The van der Waals surface area contributed by atoms with Crippen molar-refractivity contribution in [3.63, 3.8) is 0 Å². The van der Waals surface area contributed by atoms with Gasteiger partial charge >= 0.3 is 0 Å². The molecule has 1 aromatic heterocycles. The van der Waals surface area contributed by atoms with Crippen molar-refractivity contribution >= 4 is 0 Å². The predicted molar refractivity (Wildman–Crippen MR) is 67.9 cm³/mol. The molecule has 1 aromatic rings. The minimum atomic E-state index is 0.388. The summed E-state index contributed by atoms with van der Waals surface area (Å²) in [5, 5.41) is 3.54. The van der Waals surface area contributed by atoms with Crippen molar-refractivity contribution in [3.05, 3.63) is 30.1 Å². The molecule has 2 rings (SSSR count). The van der Waals surface area contributed by atoms with Gasteiger partial charge in [0, 0.05) is 44.6 Å². The van der Waals surface area contributed by atoms with Crippen LogP contribution in [0.15, 0.2) is 24.5 Å². The van der Waals surface area contributed by atoms with Gasteiger partial charge in [0.15, 0.2) is 0 Å². The summed E-state index contributed by atoms with van der Waals surface area (Å²) in [6.07, 6.45) is 3.69. The first-order valence-corrected chi connectivity index (χ1v) is 6.29. The molecule has 4 heteroatoms. The van der Waals surface area contributed by atoms with Crippen LogP contribution in [0, 0.1) is 0 Å². The SMILES string of the molecule is C[C@@H](NCCN1CCOCC1)c1ccncc1. The lowest BCUT2D eigenvalue weighted by Crippen LogP contribution is -2.40. The highest BCUT2D eigenvalue weighted by Crippen LogP contribution is 2.09. The van der Waals surface area contributed by atoms with Crippen molar-refractivity contribution in [2.75, 3.05) is 39.4 Å². The highest BCUT2D eigenvalue weighted by Gasteiger charge is 2.10. The van der Waals surface area contributed by atoms with Crippen LogP contribution in [0.4, 0.5) is 0 Å². The molecule has 94 valence electrons. The van der Waals surface area contributed by atoms with Gasteiger partial charge in [0.2, 0.25) is 0 Å². The highest BCUT2D eigenvalue weighted by atomic mass is 16.5. The van der Waals surface area contributed by atoms with E-state index in [1.165, 1.54) is 5.56 Å². The first kappa shape index (κ1) is 12.5. The summed E-state index contributed by atoms with van der Waals surface area (Å²) in [4.78, 5) is 6.47. The number of rotatable bonds is 5. The van der Waals surface area contributed by atoms with Crippen molar-refractivity contribution in [1.29, 1.82) is 0 Å². The molecule has 0 unspecified atom stereocenters. The number of nitrogens with zero attached hydrogens (tertiary/aromatic N) is 2. The van der Waals surface area contributed by atoms with Gasteiger partial charge in [0.25, 0.3) is 0 Å². The summed E-state index contributed by atoms with van der Waals surface area (Å²) in [6, 6.07) is 4.51. The van der Waals surface area contributed by atoms with E-state index in [2.05, 4.69) is 34.3 Å². The Hall–Kier alpha value is -0.970. The van der Waals surface area contributed by atoms with Gasteiger partial charge in [-0.3, -0.25) is 9.88 Å². The topological polar surface area (TPSA) is 37.4 Å². The molecule has 1 saturated heterocycles. The second kappa shape index (κ2) is 6.69. The predicted octanol–water partition coefficient (Wildman–Crippen LogP) is 1.06. The summed E-state index contributed by atoms with van der Waals surface area (Å²) in [5.74, 6) is 0. The minimum Gasteiger partial charge on any atom is -0.379 e. The molecule has 2 heterocycles. The highest BCUT2D eigenvalue weighted by molar-refractivity contribution is 5.13. The molecule has 0 saturated carbocycles. The van der Waals surface area contributed by atoms with Crippen molar-refractivity contribution in [1.82, 2.24) is 15.2 Å². The molecular formula is C13H21N3O. The van der Waals surface area contributed by atoms with Gasteiger partial charge in [-0.1, -0.05) is 0 Å². The maximum Gasteiger partial charge on any atom is 0.0594 e. The van der Waals surface area contributed by atoms with Crippen LogP contribution in [-0.2, 0) is 4.74 Å². The molecule has 1 atom stereocenters. The van der Waals surface area contributed by atoms with Gasteiger partial charge < -0.3 is 10.1 Å². The number of pyridine rings is 1. The molecule has 4 nitrogen and oxygen atoms in total. The van der Waals surface area contributed by atoms with Gasteiger partial charge in [0.1, 0.15) is 0 Å². The second-order valence-corrected chi connectivity index (χ2v) is 4.41. The maximum absolute atomic E-state index is 5.33. The number of nitrogens with one attached hydrogen (secondary N) is 1. The molecule has 0 aliphatic carbocycles. The van der Waals surface area contributed by atoms with Gasteiger partial charge in [-0.25, -0.2) is 0 Å². The Morgan fingerprint density at radius 1 is 1.35 bits per heavy atom. The van der Waals surface area contributed by atoms with Crippen LogP contribution in [0.2, 0.25) is 0 Å². The van der Waals surface area contributed by atoms with Crippen molar-refractivity contribution in [2.24, 2.45) is 0 Å². The fraction of sp³-hybridized carbons (Fsp3) is 0.615. The Labute approximate surface area is 103 Å². The van der Waals surface area contributed by atoms with Crippen LogP contribution in [0.25, 0.3) is 0 Å². The number of hydrogen-bond acceptors (Lipinski definition) is 4. The summed E-state index contributed by atoms with van der Waals surface area (Å²) in [5.41, 5.74) is 1.29. The molecule has 1 N–H and O–H groups in total. The van der Waals surface area contributed by atoms with Crippen LogP contribution in [0.5, 0.6) is 0 Å². The van der Waals surface area contributed by atoms with E-state index in [0.717, 1.165) is 39.4 Å². The van der Waals surface area contributed by atoms with E-state index < -0.39 is 0 Å². The largest absolute Gasteiger partial charge is 0.379 e. The molecule has 0 radical (unpaired) electrons. The molecule has 1 aliphatic rings. The van der Waals surface area contributed by atoms with E-state index in [4.69, 9.17) is 4.74 Å². The summed E-state index contributed by atoms with van der Waals surface area (Å²) < 4.78 is 5.33. The first-order chi connectivity index (χ1) is 8.36. The lowest BCUT2D eigenvalue weighted by atomic mass is 10.1. The van der Waals surface area contributed by atoms with Crippen LogP contribution >= 0.6 is 0 Å². The third-order valence-corrected chi connectivity index (χ3v) is 3.19. The van der Waals surface area contributed by atoms with Gasteiger partial charge in [-0.05, 0) is 24.6 Å². The quantitative estimate of drug-likeness (QED) is 0.828. The molecule has 1 aliphatic heterocycles. The lowest BCUT2D eigenvalue weighted by Gasteiger charge is -2.27. The van der Waals surface area contributed by atoms with E-state index in [9.17, 15) is 0 Å². The molecule has 17 heavy (non-hydrogen) atoms. The average Bonchev–Trinajstić information content (AvgIpc) is 2.41. The molecule has 0 bridgehead atoms. The Kier molecular flexibility index (Phi) is 4.91. The van der Waals surface area contributed by atoms with E-state index in [1.54, 1.807) is 0 Å². The summed E-state index contributed by atoms with van der Waals surface area (Å²) in [7, 11) is 0. The second-order valence-electron chi connectivity index (χ2n) is 4.41. The van der Waals surface area contributed by atoms with Crippen LogP contribution < -0.4 is 5.32 Å². The summed E-state index contributed by atoms with van der Waals surface area (Å²) in [6.45, 7) is 8.17. The molecule has 1 fully saturated rings. The Morgan fingerprint density at radius 3 is 2.76 bits per heavy atom. The van der Waals surface area contributed by atoms with Gasteiger partial charge in [-0.2, -0.15) is 0 Å². The van der Waals surface area contributed by atoms with Crippen LogP contribution in [-0.4, -0.2) is 49.3 Å².